The molecule has 1 fully saturated rings. The van der Waals surface area contributed by atoms with Gasteiger partial charge in [0, 0.05) is 5.92 Å². The molecule has 1 saturated carbocycles. The van der Waals surface area contributed by atoms with Crippen molar-refractivity contribution in [3.05, 3.63) is 132 Å². The summed E-state index contributed by atoms with van der Waals surface area (Å²) >= 11 is 0. The maximum absolute atomic E-state index is 16.3. The van der Waals surface area contributed by atoms with Crippen LogP contribution in [0.3, 0.4) is 0 Å². The van der Waals surface area contributed by atoms with E-state index in [1.165, 1.54) is 0 Å². The Morgan fingerprint density at radius 2 is 1.05 bits per heavy atom. The largest absolute Gasteiger partial charge is 0.489 e. The SMILES string of the molecule is CC[C@@H]1[C@@H](C)[C@H](OCc2ccccc2)[C@@H](OCc2ccccc2)[C@H](Oc2ccc(OCc3ccccc3)cc2)C1(F)F. The molecule has 0 saturated heterocycles. The molecule has 6 heteroatoms. The Morgan fingerprint density at radius 3 is 1.55 bits per heavy atom. The molecule has 4 aromatic rings. The summed E-state index contributed by atoms with van der Waals surface area (Å²) < 4.78 is 57.3. The third kappa shape index (κ3) is 7.18. The van der Waals surface area contributed by atoms with Crippen LogP contribution >= 0.6 is 0 Å². The van der Waals surface area contributed by atoms with Gasteiger partial charge in [0.05, 0.1) is 19.3 Å². The van der Waals surface area contributed by atoms with Crippen LogP contribution in [0.5, 0.6) is 11.5 Å². The molecule has 0 aliphatic heterocycles. The summed E-state index contributed by atoms with van der Waals surface area (Å²) in [7, 11) is 0. The van der Waals surface area contributed by atoms with E-state index in [4.69, 9.17) is 18.9 Å². The summed E-state index contributed by atoms with van der Waals surface area (Å²) in [6, 6.07) is 36.0. The summed E-state index contributed by atoms with van der Waals surface area (Å²) in [4.78, 5) is 0. The third-order valence-electron chi connectivity index (χ3n) is 7.99. The van der Waals surface area contributed by atoms with Crippen molar-refractivity contribution < 1.29 is 27.7 Å². The standard InChI is InChI=1S/C36H38F2O4/c1-3-32-26(2)33(40-24-28-15-9-5-10-16-28)34(41-25-29-17-11-6-12-18-29)35(36(32,37)38)42-31-21-19-30(20-22-31)39-23-27-13-7-4-8-14-27/h4-22,26,32-35H,3,23-25H2,1-2H3/t26-,32-,33+,34-,35+/m1/s1. The second-order valence-corrected chi connectivity index (χ2v) is 10.9. The van der Waals surface area contributed by atoms with Gasteiger partial charge in [-0.2, -0.15) is 0 Å². The summed E-state index contributed by atoms with van der Waals surface area (Å²) in [6.45, 7) is 4.51. The van der Waals surface area contributed by atoms with E-state index in [2.05, 4.69) is 0 Å². The molecule has 0 unspecified atom stereocenters. The Kier molecular flexibility index (Phi) is 9.88. The minimum atomic E-state index is -3.15. The minimum Gasteiger partial charge on any atom is -0.489 e. The lowest BCUT2D eigenvalue weighted by molar-refractivity contribution is -0.267. The van der Waals surface area contributed by atoms with E-state index in [-0.39, 0.29) is 13.0 Å². The Morgan fingerprint density at radius 1 is 0.595 bits per heavy atom. The molecule has 42 heavy (non-hydrogen) atoms. The van der Waals surface area contributed by atoms with Crippen LogP contribution < -0.4 is 9.47 Å². The lowest BCUT2D eigenvalue weighted by Crippen LogP contribution is -2.64. The second-order valence-electron chi connectivity index (χ2n) is 10.9. The molecule has 0 bridgehead atoms. The van der Waals surface area contributed by atoms with Gasteiger partial charge in [-0.15, -0.1) is 0 Å². The molecule has 0 N–H and O–H groups in total. The minimum absolute atomic E-state index is 0.169. The van der Waals surface area contributed by atoms with Crippen molar-refractivity contribution in [3.63, 3.8) is 0 Å². The number of hydrogen-bond acceptors (Lipinski definition) is 4. The topological polar surface area (TPSA) is 36.9 Å². The molecule has 0 heterocycles. The van der Waals surface area contributed by atoms with Gasteiger partial charge in [-0.05, 0) is 53.3 Å². The van der Waals surface area contributed by atoms with Gasteiger partial charge in [0.25, 0.3) is 5.92 Å². The van der Waals surface area contributed by atoms with Crippen molar-refractivity contribution >= 4 is 0 Å². The summed E-state index contributed by atoms with van der Waals surface area (Å²) in [5.74, 6) is -3.59. The normalized spacial score (nSPS) is 23.3. The highest BCUT2D eigenvalue weighted by atomic mass is 19.3. The monoisotopic (exact) mass is 572 g/mol. The fraction of sp³-hybridized carbons (Fsp3) is 0.333. The maximum atomic E-state index is 16.3. The van der Waals surface area contributed by atoms with E-state index >= 15 is 8.78 Å². The molecule has 220 valence electrons. The van der Waals surface area contributed by atoms with E-state index in [0.717, 1.165) is 16.7 Å². The highest BCUT2D eigenvalue weighted by Crippen LogP contribution is 2.48. The molecule has 1 aliphatic carbocycles. The molecule has 4 aromatic carbocycles. The van der Waals surface area contributed by atoms with E-state index in [9.17, 15) is 0 Å². The molecule has 0 amide bonds. The smallest absolute Gasteiger partial charge is 0.289 e. The molecule has 0 radical (unpaired) electrons. The van der Waals surface area contributed by atoms with Crippen LogP contribution in [0.25, 0.3) is 0 Å². The van der Waals surface area contributed by atoms with Gasteiger partial charge in [0.2, 0.25) is 0 Å². The summed E-state index contributed by atoms with van der Waals surface area (Å²) in [5.41, 5.74) is 2.91. The molecular formula is C36H38F2O4. The molecule has 0 aromatic heterocycles. The van der Waals surface area contributed by atoms with Crippen molar-refractivity contribution in [3.8, 4) is 11.5 Å². The Labute approximate surface area is 247 Å². The molecule has 0 spiro atoms. The van der Waals surface area contributed by atoms with Crippen LogP contribution in [0.15, 0.2) is 115 Å². The maximum Gasteiger partial charge on any atom is 0.289 e. The fourth-order valence-corrected chi connectivity index (χ4v) is 5.73. The Bertz CT molecular complexity index is 1350. The summed E-state index contributed by atoms with van der Waals surface area (Å²) in [6.07, 6.45) is -2.86. The Hall–Kier alpha value is -3.74. The number of benzene rings is 4. The first-order valence-corrected chi connectivity index (χ1v) is 14.6. The predicted octanol–water partition coefficient (Wildman–Crippen LogP) is 8.50. The van der Waals surface area contributed by atoms with E-state index in [1.54, 1.807) is 31.2 Å². The van der Waals surface area contributed by atoms with Crippen molar-refractivity contribution in [1.82, 2.24) is 0 Å². The van der Waals surface area contributed by atoms with Crippen LogP contribution in [0, 0.1) is 11.8 Å². The average Bonchev–Trinajstić information content (AvgIpc) is 3.02. The number of halogens is 2. The van der Waals surface area contributed by atoms with Crippen molar-refractivity contribution in [2.24, 2.45) is 11.8 Å². The lowest BCUT2D eigenvalue weighted by atomic mass is 9.71. The van der Waals surface area contributed by atoms with Crippen LogP contribution in [0.4, 0.5) is 8.78 Å². The third-order valence-corrected chi connectivity index (χ3v) is 7.99. The van der Waals surface area contributed by atoms with Gasteiger partial charge in [0.15, 0.2) is 6.10 Å². The number of alkyl halides is 2. The molecular weight excluding hydrogens is 534 g/mol. The van der Waals surface area contributed by atoms with Crippen molar-refractivity contribution in [2.45, 2.75) is 64.3 Å². The van der Waals surface area contributed by atoms with Gasteiger partial charge >= 0.3 is 0 Å². The van der Waals surface area contributed by atoms with Gasteiger partial charge in [-0.3, -0.25) is 0 Å². The van der Waals surface area contributed by atoms with Gasteiger partial charge in [-0.1, -0.05) is 105 Å². The van der Waals surface area contributed by atoms with Crippen LogP contribution in [-0.4, -0.2) is 24.2 Å². The average molecular weight is 573 g/mol. The number of hydrogen-bond donors (Lipinski definition) is 0. The highest BCUT2D eigenvalue weighted by molar-refractivity contribution is 5.32. The number of ether oxygens (including phenoxy) is 4. The van der Waals surface area contributed by atoms with E-state index in [0.29, 0.717) is 24.7 Å². The zero-order valence-electron chi connectivity index (χ0n) is 24.1. The highest BCUT2D eigenvalue weighted by Gasteiger charge is 2.62. The number of rotatable bonds is 12. The molecule has 4 nitrogen and oxygen atoms in total. The quantitative estimate of drug-likeness (QED) is 0.171. The van der Waals surface area contributed by atoms with E-state index < -0.39 is 36.1 Å². The van der Waals surface area contributed by atoms with Crippen LogP contribution in [-0.2, 0) is 29.3 Å². The van der Waals surface area contributed by atoms with Crippen molar-refractivity contribution in [1.29, 1.82) is 0 Å². The zero-order chi connectivity index (χ0) is 29.4. The van der Waals surface area contributed by atoms with Gasteiger partial charge in [-0.25, -0.2) is 8.78 Å². The molecule has 5 atom stereocenters. The van der Waals surface area contributed by atoms with Gasteiger partial charge < -0.3 is 18.9 Å². The van der Waals surface area contributed by atoms with E-state index in [1.807, 2.05) is 97.9 Å². The second kappa shape index (κ2) is 14.0. The van der Waals surface area contributed by atoms with Crippen LogP contribution in [0.2, 0.25) is 0 Å². The molecule has 1 aliphatic rings. The zero-order valence-corrected chi connectivity index (χ0v) is 24.1. The first-order valence-electron chi connectivity index (χ1n) is 14.6. The van der Waals surface area contributed by atoms with Crippen LogP contribution in [0.1, 0.15) is 37.0 Å². The molecule has 5 rings (SSSR count). The first kappa shape index (κ1) is 29.7. The fourth-order valence-electron chi connectivity index (χ4n) is 5.73. The van der Waals surface area contributed by atoms with Crippen molar-refractivity contribution in [2.75, 3.05) is 0 Å². The lowest BCUT2D eigenvalue weighted by Gasteiger charge is -2.49. The first-order chi connectivity index (χ1) is 20.5. The Balaban J connectivity index is 1.38. The predicted molar refractivity (Wildman–Crippen MR) is 160 cm³/mol. The summed E-state index contributed by atoms with van der Waals surface area (Å²) in [5, 5.41) is 0. The van der Waals surface area contributed by atoms with Gasteiger partial charge in [0.1, 0.15) is 24.2 Å².